The van der Waals surface area contributed by atoms with Crippen molar-refractivity contribution in [3.8, 4) is 5.69 Å². The van der Waals surface area contributed by atoms with E-state index in [2.05, 4.69) is 16.4 Å². The van der Waals surface area contributed by atoms with Crippen LogP contribution in [0.3, 0.4) is 0 Å². The number of carboxylic acid groups (broad SMARTS) is 1. The van der Waals surface area contributed by atoms with Gasteiger partial charge in [-0.3, -0.25) is 0 Å². The van der Waals surface area contributed by atoms with Gasteiger partial charge >= 0.3 is 6.09 Å². The van der Waals surface area contributed by atoms with Crippen LogP contribution in [0.5, 0.6) is 0 Å². The molecule has 0 bridgehead atoms. The Labute approximate surface area is 184 Å². The fourth-order valence-corrected chi connectivity index (χ4v) is 5.78. The quantitative estimate of drug-likeness (QED) is 0.561. The topological polar surface area (TPSA) is 100 Å². The lowest BCUT2D eigenvalue weighted by Gasteiger charge is -2.16. The van der Waals surface area contributed by atoms with Crippen molar-refractivity contribution in [2.45, 2.75) is 64.0 Å². The molecule has 1 atom stereocenters. The highest BCUT2D eigenvalue weighted by Crippen LogP contribution is 2.38. The molecule has 1 aromatic carbocycles. The van der Waals surface area contributed by atoms with Crippen molar-refractivity contribution in [1.82, 2.24) is 20.1 Å². The van der Waals surface area contributed by atoms with Gasteiger partial charge in [0, 0.05) is 12.4 Å². The lowest BCUT2D eigenvalue weighted by Crippen LogP contribution is -2.27. The fraction of sp³-hybridized carbons (Fsp3) is 0.435. The van der Waals surface area contributed by atoms with E-state index in [1.165, 1.54) is 52.1 Å². The highest BCUT2D eigenvalue weighted by atomic mass is 32.1. The summed E-state index contributed by atoms with van der Waals surface area (Å²) in [5.41, 5.74) is 6.39. The molecule has 0 radical (unpaired) electrons. The number of benzene rings is 1. The summed E-state index contributed by atoms with van der Waals surface area (Å²) in [6.07, 6.45) is 9.14. The number of carbonyl (C=O) groups is 1. The van der Waals surface area contributed by atoms with E-state index in [1.807, 2.05) is 16.9 Å². The van der Waals surface area contributed by atoms with Crippen LogP contribution >= 0.6 is 11.3 Å². The second-order valence-electron chi connectivity index (χ2n) is 8.90. The minimum absolute atomic E-state index is 0.540. The molecule has 2 heterocycles. The van der Waals surface area contributed by atoms with Gasteiger partial charge in [-0.25, -0.2) is 14.5 Å². The molecule has 2 aromatic heterocycles. The number of aliphatic hydroxyl groups is 1. The highest BCUT2D eigenvalue weighted by molar-refractivity contribution is 7.11. The number of amides is 1. The van der Waals surface area contributed by atoms with Crippen molar-refractivity contribution in [2.75, 3.05) is 0 Å². The van der Waals surface area contributed by atoms with Crippen molar-refractivity contribution in [3.05, 3.63) is 62.4 Å². The third-order valence-electron chi connectivity index (χ3n) is 6.18. The monoisotopic (exact) mass is 438 g/mol. The Hall–Kier alpha value is -2.71. The maximum absolute atomic E-state index is 11.5. The Kier molecular flexibility index (Phi) is 4.86. The number of hydrogen-bond donors (Lipinski definition) is 3. The van der Waals surface area contributed by atoms with Gasteiger partial charge in [0.15, 0.2) is 0 Å². The molecule has 2 aliphatic rings. The van der Waals surface area contributed by atoms with E-state index in [9.17, 15) is 15.0 Å². The lowest BCUT2D eigenvalue weighted by molar-refractivity contribution is 0.0783. The molecule has 0 saturated heterocycles. The van der Waals surface area contributed by atoms with Crippen molar-refractivity contribution in [2.24, 2.45) is 0 Å². The van der Waals surface area contributed by atoms with Crippen LogP contribution in [0.2, 0.25) is 0 Å². The molecule has 162 valence electrons. The normalized spacial score (nSPS) is 16.2. The van der Waals surface area contributed by atoms with E-state index in [0.29, 0.717) is 15.6 Å². The summed E-state index contributed by atoms with van der Waals surface area (Å²) >= 11 is 1.29. The number of aryl methyl sites for hydroxylation is 2. The second kappa shape index (κ2) is 7.46. The molecule has 0 aliphatic heterocycles. The van der Waals surface area contributed by atoms with Gasteiger partial charge in [-0.2, -0.15) is 5.10 Å². The van der Waals surface area contributed by atoms with Crippen molar-refractivity contribution in [3.63, 3.8) is 0 Å². The molecular weight excluding hydrogens is 412 g/mol. The Morgan fingerprint density at radius 2 is 1.87 bits per heavy atom. The molecule has 31 heavy (non-hydrogen) atoms. The molecule has 8 heteroatoms. The zero-order valence-electron chi connectivity index (χ0n) is 17.7. The number of fused-ring (bicyclic) bond motifs is 2. The molecule has 3 N–H and O–H groups in total. The minimum atomic E-state index is -1.13. The van der Waals surface area contributed by atoms with Crippen LogP contribution in [-0.2, 0) is 31.3 Å². The zero-order valence-corrected chi connectivity index (χ0v) is 18.5. The second-order valence-corrected chi connectivity index (χ2v) is 9.96. The molecule has 0 fully saturated rings. The van der Waals surface area contributed by atoms with E-state index < -0.39 is 17.7 Å². The van der Waals surface area contributed by atoms with E-state index in [1.54, 1.807) is 20.0 Å². The largest absolute Gasteiger partial charge is 0.465 e. The van der Waals surface area contributed by atoms with Gasteiger partial charge in [-0.1, -0.05) is 6.07 Å². The number of thiazole rings is 1. The molecule has 0 saturated carbocycles. The first-order valence-corrected chi connectivity index (χ1v) is 11.5. The van der Waals surface area contributed by atoms with E-state index in [-0.39, 0.29) is 0 Å². The smallest absolute Gasteiger partial charge is 0.405 e. The standard InChI is InChI=1S/C23H26N4O3S/c1-23(2,30)21-24-12-18(31-21)19(25-22(28)29)17-9-10-27(26-17)20-15-7-3-5-13(15)11-14-6-4-8-16(14)20/h9-12,19,25,30H,3-8H2,1-2H3,(H,28,29). The Morgan fingerprint density at radius 3 is 2.45 bits per heavy atom. The van der Waals surface area contributed by atoms with Crippen molar-refractivity contribution < 1.29 is 15.0 Å². The van der Waals surface area contributed by atoms with Gasteiger partial charge in [0.25, 0.3) is 0 Å². The Morgan fingerprint density at radius 1 is 1.19 bits per heavy atom. The van der Waals surface area contributed by atoms with Gasteiger partial charge < -0.3 is 15.5 Å². The summed E-state index contributed by atoms with van der Waals surface area (Å²) in [4.78, 5) is 16.5. The minimum Gasteiger partial charge on any atom is -0.465 e. The average Bonchev–Trinajstić information content (AvgIpc) is 3.50. The van der Waals surface area contributed by atoms with Crippen LogP contribution in [0.15, 0.2) is 24.5 Å². The zero-order chi connectivity index (χ0) is 21.8. The van der Waals surface area contributed by atoms with E-state index >= 15 is 0 Å². The highest BCUT2D eigenvalue weighted by Gasteiger charge is 2.28. The van der Waals surface area contributed by atoms with Gasteiger partial charge in [-0.05, 0) is 80.7 Å². The molecule has 2 aliphatic carbocycles. The molecule has 7 nitrogen and oxygen atoms in total. The third kappa shape index (κ3) is 3.64. The first kappa shape index (κ1) is 20.2. The van der Waals surface area contributed by atoms with Crippen molar-refractivity contribution in [1.29, 1.82) is 0 Å². The third-order valence-corrected chi connectivity index (χ3v) is 7.55. The number of hydrogen-bond acceptors (Lipinski definition) is 5. The molecule has 1 amide bonds. The molecule has 5 rings (SSSR count). The van der Waals surface area contributed by atoms with E-state index in [0.717, 1.165) is 25.7 Å². The maximum Gasteiger partial charge on any atom is 0.405 e. The Bertz CT molecular complexity index is 1130. The molecule has 0 spiro atoms. The number of nitrogens with one attached hydrogen (secondary N) is 1. The lowest BCUT2D eigenvalue weighted by atomic mass is 9.99. The average molecular weight is 439 g/mol. The maximum atomic E-state index is 11.5. The summed E-state index contributed by atoms with van der Waals surface area (Å²) in [7, 11) is 0. The number of rotatable bonds is 5. The summed E-state index contributed by atoms with van der Waals surface area (Å²) in [6.45, 7) is 3.33. The van der Waals surface area contributed by atoms with Crippen LogP contribution in [0, 0.1) is 0 Å². The van der Waals surface area contributed by atoms with Crippen LogP contribution < -0.4 is 5.32 Å². The molecule has 1 unspecified atom stereocenters. The number of aromatic nitrogens is 3. The molecular formula is C23H26N4O3S. The van der Waals surface area contributed by atoms with E-state index in [4.69, 9.17) is 5.10 Å². The SMILES string of the molecule is CC(C)(O)c1ncc(C(NC(=O)O)c2ccn(-c3c4c(cc5c3CCC5)CCC4)n2)s1. The summed E-state index contributed by atoms with van der Waals surface area (Å²) < 4.78 is 1.94. The van der Waals surface area contributed by atoms with Gasteiger partial charge in [0.1, 0.15) is 16.7 Å². The van der Waals surface area contributed by atoms with Gasteiger partial charge in [-0.15, -0.1) is 11.3 Å². The molecule has 3 aromatic rings. The van der Waals surface area contributed by atoms with Crippen LogP contribution in [0.25, 0.3) is 5.69 Å². The van der Waals surface area contributed by atoms with Gasteiger partial charge in [0.2, 0.25) is 0 Å². The fourth-order valence-electron chi connectivity index (χ4n) is 4.80. The first-order chi connectivity index (χ1) is 14.8. The Balaban J connectivity index is 1.56. The first-order valence-electron chi connectivity index (χ1n) is 10.7. The van der Waals surface area contributed by atoms with Crippen LogP contribution in [-0.4, -0.2) is 31.1 Å². The number of nitrogens with zero attached hydrogens (tertiary/aromatic N) is 3. The van der Waals surface area contributed by atoms with Crippen LogP contribution in [0.1, 0.15) is 70.6 Å². The van der Waals surface area contributed by atoms with Crippen molar-refractivity contribution >= 4 is 17.4 Å². The predicted octanol–water partition coefficient (Wildman–Crippen LogP) is 3.89. The van der Waals surface area contributed by atoms with Gasteiger partial charge in [0.05, 0.1) is 16.3 Å². The summed E-state index contributed by atoms with van der Waals surface area (Å²) in [6, 6.07) is 3.62. The summed E-state index contributed by atoms with van der Waals surface area (Å²) in [5, 5.41) is 27.7. The van der Waals surface area contributed by atoms with Crippen LogP contribution in [0.4, 0.5) is 4.79 Å². The predicted molar refractivity (Wildman–Crippen MR) is 118 cm³/mol. The summed E-state index contributed by atoms with van der Waals surface area (Å²) in [5.74, 6) is 0.